The quantitative estimate of drug-likeness (QED) is 0.515. The lowest BCUT2D eigenvalue weighted by Gasteiger charge is -2.26. The van der Waals surface area contributed by atoms with Crippen LogP contribution >= 0.6 is 0 Å². The highest BCUT2D eigenvalue weighted by Crippen LogP contribution is 2.26. The molecule has 2 N–H and O–H groups in total. The third-order valence-corrected chi connectivity index (χ3v) is 4.83. The van der Waals surface area contributed by atoms with Gasteiger partial charge in [-0.25, -0.2) is 0 Å². The average Bonchev–Trinajstić information content (AvgIpc) is 2.75. The second-order valence-electron chi connectivity index (χ2n) is 7.14. The van der Waals surface area contributed by atoms with Gasteiger partial charge in [-0.15, -0.1) is 13.2 Å². The van der Waals surface area contributed by atoms with Crippen LogP contribution in [0.4, 0.5) is 13.2 Å². The van der Waals surface area contributed by atoms with Crippen LogP contribution in [-0.4, -0.2) is 50.6 Å². The normalized spacial score (nSPS) is 15.5. The molecule has 1 aliphatic heterocycles. The van der Waals surface area contributed by atoms with E-state index in [1.54, 1.807) is 19.2 Å². The highest BCUT2D eigenvalue weighted by atomic mass is 19.4. The molecule has 168 valence electrons. The summed E-state index contributed by atoms with van der Waals surface area (Å²) in [5.74, 6) is 0.258. The summed E-state index contributed by atoms with van der Waals surface area (Å²) < 4.78 is 47.2. The summed E-state index contributed by atoms with van der Waals surface area (Å²) in [4.78, 5) is 6.51. The van der Waals surface area contributed by atoms with Crippen molar-refractivity contribution in [2.24, 2.45) is 4.99 Å². The van der Waals surface area contributed by atoms with Crippen LogP contribution in [0.1, 0.15) is 16.7 Å². The van der Waals surface area contributed by atoms with Crippen molar-refractivity contribution >= 4 is 5.96 Å². The molecule has 0 spiro atoms. The van der Waals surface area contributed by atoms with Crippen LogP contribution in [0.15, 0.2) is 53.5 Å². The van der Waals surface area contributed by atoms with Crippen molar-refractivity contribution in [3.05, 3.63) is 65.2 Å². The summed E-state index contributed by atoms with van der Waals surface area (Å²) in [6, 6.07) is 14.3. The molecule has 2 aromatic rings. The number of hydrogen-bond acceptors (Lipinski definition) is 4. The summed E-state index contributed by atoms with van der Waals surface area (Å²) in [5, 5.41) is 6.23. The summed E-state index contributed by atoms with van der Waals surface area (Å²) in [7, 11) is 1.61. The fourth-order valence-electron chi connectivity index (χ4n) is 3.31. The fraction of sp³-hybridized carbons (Fsp3) is 0.409. The molecule has 0 amide bonds. The van der Waals surface area contributed by atoms with Crippen LogP contribution in [-0.2, 0) is 24.4 Å². The van der Waals surface area contributed by atoms with Gasteiger partial charge in [0.15, 0.2) is 5.96 Å². The van der Waals surface area contributed by atoms with Crippen molar-refractivity contribution in [3.63, 3.8) is 0 Å². The van der Waals surface area contributed by atoms with Gasteiger partial charge < -0.3 is 20.1 Å². The number of hydrogen-bond donors (Lipinski definition) is 2. The largest absolute Gasteiger partial charge is 0.573 e. The number of aliphatic imine (C=N–C) groups is 1. The number of nitrogens with one attached hydrogen (secondary N) is 2. The van der Waals surface area contributed by atoms with Crippen LogP contribution in [0, 0.1) is 0 Å². The van der Waals surface area contributed by atoms with E-state index in [9.17, 15) is 13.2 Å². The maximum absolute atomic E-state index is 12.6. The van der Waals surface area contributed by atoms with E-state index in [1.165, 1.54) is 17.7 Å². The molecule has 0 aromatic heterocycles. The molecule has 1 heterocycles. The zero-order valence-electron chi connectivity index (χ0n) is 17.4. The zero-order chi connectivity index (χ0) is 22.1. The van der Waals surface area contributed by atoms with E-state index in [0.29, 0.717) is 18.1 Å². The molecule has 1 aliphatic rings. The maximum atomic E-state index is 12.6. The lowest BCUT2D eigenvalue weighted by atomic mass is 10.1. The minimum Gasteiger partial charge on any atom is -0.405 e. The molecular weight excluding hydrogens is 409 g/mol. The van der Waals surface area contributed by atoms with Crippen LogP contribution in [0.2, 0.25) is 0 Å². The number of halogens is 3. The smallest absolute Gasteiger partial charge is 0.405 e. The van der Waals surface area contributed by atoms with Gasteiger partial charge in [-0.1, -0.05) is 42.5 Å². The van der Waals surface area contributed by atoms with Crippen molar-refractivity contribution in [2.45, 2.75) is 26.0 Å². The van der Waals surface area contributed by atoms with E-state index >= 15 is 0 Å². The molecule has 6 nitrogen and oxygen atoms in total. The molecule has 0 bridgehead atoms. The topological polar surface area (TPSA) is 58.1 Å². The summed E-state index contributed by atoms with van der Waals surface area (Å²) in [6.07, 6.45) is -4.73. The third-order valence-electron chi connectivity index (χ3n) is 4.83. The van der Waals surface area contributed by atoms with Crippen LogP contribution in [0.3, 0.4) is 0 Å². The Bertz CT molecular complexity index is 868. The molecule has 1 saturated heterocycles. The Kier molecular flexibility index (Phi) is 8.13. The first kappa shape index (κ1) is 22.9. The standard InChI is InChI=1S/C22H27F3N4O2/c1-26-21(28-15-19-7-2-3-8-20(19)31-22(23,24)25)27-14-17-5-4-6-18(13-17)16-29-9-11-30-12-10-29/h2-8,13H,9-12,14-16H2,1H3,(H2,26,27,28). The minimum absolute atomic E-state index is 0.142. The number of guanidine groups is 1. The Morgan fingerprint density at radius 2 is 1.74 bits per heavy atom. The van der Waals surface area contributed by atoms with Gasteiger partial charge in [0.05, 0.1) is 13.2 Å². The van der Waals surface area contributed by atoms with Gasteiger partial charge in [-0.2, -0.15) is 0 Å². The van der Waals surface area contributed by atoms with Crippen molar-refractivity contribution in [2.75, 3.05) is 33.4 Å². The summed E-state index contributed by atoms with van der Waals surface area (Å²) >= 11 is 0. The Balaban J connectivity index is 1.53. The first-order valence-corrected chi connectivity index (χ1v) is 10.1. The molecule has 31 heavy (non-hydrogen) atoms. The van der Waals surface area contributed by atoms with E-state index < -0.39 is 6.36 Å². The number of benzene rings is 2. The second-order valence-corrected chi connectivity index (χ2v) is 7.14. The third kappa shape index (κ3) is 7.76. The van der Waals surface area contributed by atoms with E-state index in [4.69, 9.17) is 4.74 Å². The molecular formula is C22H27F3N4O2. The van der Waals surface area contributed by atoms with E-state index in [1.807, 2.05) is 12.1 Å². The van der Waals surface area contributed by atoms with Gasteiger partial charge >= 0.3 is 6.36 Å². The first-order valence-electron chi connectivity index (χ1n) is 10.1. The van der Waals surface area contributed by atoms with Gasteiger partial charge in [-0.3, -0.25) is 9.89 Å². The molecule has 1 fully saturated rings. The lowest BCUT2D eigenvalue weighted by Crippen LogP contribution is -2.36. The number of rotatable bonds is 7. The molecule has 0 saturated carbocycles. The van der Waals surface area contributed by atoms with Gasteiger partial charge in [0.2, 0.25) is 0 Å². The van der Waals surface area contributed by atoms with Gasteiger partial charge in [0.25, 0.3) is 0 Å². The highest BCUT2D eigenvalue weighted by molar-refractivity contribution is 5.79. The molecule has 0 aliphatic carbocycles. The molecule has 9 heteroatoms. The Hall–Kier alpha value is -2.78. The Labute approximate surface area is 180 Å². The summed E-state index contributed by atoms with van der Waals surface area (Å²) in [6.45, 7) is 4.94. The van der Waals surface area contributed by atoms with Crippen LogP contribution in [0.25, 0.3) is 0 Å². The maximum Gasteiger partial charge on any atom is 0.573 e. The number of nitrogens with zero attached hydrogens (tertiary/aromatic N) is 2. The van der Waals surface area contributed by atoms with E-state index in [2.05, 4.69) is 37.4 Å². The monoisotopic (exact) mass is 436 g/mol. The second kappa shape index (κ2) is 11.0. The molecule has 2 aromatic carbocycles. The van der Waals surface area contributed by atoms with Crippen molar-refractivity contribution in [1.29, 1.82) is 0 Å². The number of alkyl halides is 3. The Morgan fingerprint density at radius 1 is 1.03 bits per heavy atom. The molecule has 0 radical (unpaired) electrons. The van der Waals surface area contributed by atoms with Gasteiger partial charge in [-0.05, 0) is 17.2 Å². The zero-order valence-corrected chi connectivity index (χ0v) is 17.4. The first-order chi connectivity index (χ1) is 14.9. The Morgan fingerprint density at radius 3 is 2.48 bits per heavy atom. The van der Waals surface area contributed by atoms with Crippen molar-refractivity contribution < 1.29 is 22.6 Å². The average molecular weight is 436 g/mol. The van der Waals surface area contributed by atoms with Crippen LogP contribution in [0.5, 0.6) is 5.75 Å². The predicted molar refractivity (Wildman–Crippen MR) is 113 cm³/mol. The number of ether oxygens (including phenoxy) is 2. The minimum atomic E-state index is -4.73. The van der Waals surface area contributed by atoms with Crippen molar-refractivity contribution in [1.82, 2.24) is 15.5 Å². The summed E-state index contributed by atoms with van der Waals surface area (Å²) in [5.41, 5.74) is 2.70. The van der Waals surface area contributed by atoms with E-state index in [0.717, 1.165) is 38.4 Å². The number of morpholine rings is 1. The SMILES string of the molecule is CN=C(NCc1cccc(CN2CCOCC2)c1)NCc1ccccc1OC(F)(F)F. The van der Waals surface area contributed by atoms with Crippen molar-refractivity contribution in [3.8, 4) is 5.75 Å². The highest BCUT2D eigenvalue weighted by Gasteiger charge is 2.31. The lowest BCUT2D eigenvalue weighted by molar-refractivity contribution is -0.274. The predicted octanol–water partition coefficient (Wildman–Crippen LogP) is 3.28. The molecule has 3 rings (SSSR count). The van der Waals surface area contributed by atoms with Gasteiger partial charge in [0, 0.05) is 45.3 Å². The molecule has 0 unspecified atom stereocenters. The number of para-hydroxylation sites is 1. The van der Waals surface area contributed by atoms with E-state index in [-0.39, 0.29) is 12.3 Å². The molecule has 0 atom stereocenters. The van der Waals surface area contributed by atoms with Gasteiger partial charge in [0.1, 0.15) is 5.75 Å². The van der Waals surface area contributed by atoms with Crippen LogP contribution < -0.4 is 15.4 Å². The fourth-order valence-corrected chi connectivity index (χ4v) is 3.31.